The topological polar surface area (TPSA) is 38.7 Å². The molecule has 3 nitrogen and oxygen atoms in total. The third-order valence-corrected chi connectivity index (χ3v) is 0.993. The van der Waals surface area contributed by atoms with E-state index in [1.54, 1.807) is 6.92 Å². The number of aliphatic hydroxyl groups is 1. The van der Waals surface area contributed by atoms with Gasteiger partial charge < -0.3 is 14.6 Å². The highest BCUT2D eigenvalue weighted by Gasteiger charge is 2.24. The standard InChI is InChI=1S/C5H10O3/c1-5(6)2-7-4-8-3-5/h6H,2-4H2,1H3. The Morgan fingerprint density at radius 3 is 2.12 bits per heavy atom. The SMILES string of the molecule is CC1(O)COCOC1. The summed E-state index contributed by atoms with van der Waals surface area (Å²) in [6.07, 6.45) is 0. The van der Waals surface area contributed by atoms with Crippen LogP contribution in [0.1, 0.15) is 6.92 Å². The molecule has 48 valence electrons. The fourth-order valence-corrected chi connectivity index (χ4v) is 0.624. The normalized spacial score (nSPS) is 27.8. The maximum atomic E-state index is 9.12. The average molecular weight is 118 g/mol. The van der Waals surface area contributed by atoms with Crippen LogP contribution < -0.4 is 0 Å². The molecule has 8 heavy (non-hydrogen) atoms. The van der Waals surface area contributed by atoms with Crippen molar-refractivity contribution in [2.75, 3.05) is 20.0 Å². The Labute approximate surface area is 48.2 Å². The molecule has 1 N–H and O–H groups in total. The van der Waals surface area contributed by atoms with E-state index >= 15 is 0 Å². The highest BCUT2D eigenvalue weighted by Crippen LogP contribution is 2.08. The third kappa shape index (κ3) is 1.43. The van der Waals surface area contributed by atoms with Crippen molar-refractivity contribution in [1.29, 1.82) is 0 Å². The minimum Gasteiger partial charge on any atom is -0.385 e. The predicted octanol–water partition coefficient (Wildman–Crippen LogP) is -0.258. The van der Waals surface area contributed by atoms with Crippen molar-refractivity contribution in [1.82, 2.24) is 0 Å². The van der Waals surface area contributed by atoms with Gasteiger partial charge in [0.05, 0.1) is 13.2 Å². The van der Waals surface area contributed by atoms with Crippen LogP contribution in [0.15, 0.2) is 0 Å². The molecule has 1 heterocycles. The number of ether oxygens (including phenoxy) is 2. The molecule has 0 atom stereocenters. The summed E-state index contributed by atoms with van der Waals surface area (Å²) in [5.74, 6) is 0. The molecule has 0 unspecified atom stereocenters. The first kappa shape index (κ1) is 6.01. The van der Waals surface area contributed by atoms with Gasteiger partial charge in [-0.05, 0) is 6.92 Å². The van der Waals surface area contributed by atoms with Crippen LogP contribution in [0.25, 0.3) is 0 Å². The van der Waals surface area contributed by atoms with Crippen molar-refractivity contribution in [2.24, 2.45) is 0 Å². The Morgan fingerprint density at radius 1 is 1.38 bits per heavy atom. The van der Waals surface area contributed by atoms with Crippen molar-refractivity contribution in [3.63, 3.8) is 0 Å². The Morgan fingerprint density at radius 2 is 1.88 bits per heavy atom. The molecule has 0 aliphatic carbocycles. The smallest absolute Gasteiger partial charge is 0.147 e. The summed E-state index contributed by atoms with van der Waals surface area (Å²) in [6, 6.07) is 0. The predicted molar refractivity (Wildman–Crippen MR) is 27.4 cm³/mol. The molecule has 3 heteroatoms. The molecule has 0 saturated carbocycles. The van der Waals surface area contributed by atoms with Gasteiger partial charge in [-0.15, -0.1) is 0 Å². The second-order valence-electron chi connectivity index (χ2n) is 2.31. The molecule has 0 radical (unpaired) electrons. The summed E-state index contributed by atoms with van der Waals surface area (Å²) in [6.45, 7) is 2.77. The van der Waals surface area contributed by atoms with E-state index in [4.69, 9.17) is 14.6 Å². The zero-order valence-electron chi connectivity index (χ0n) is 4.89. The molecule has 1 aliphatic rings. The Bertz CT molecular complexity index is 71.7. The number of hydrogen-bond acceptors (Lipinski definition) is 3. The van der Waals surface area contributed by atoms with Gasteiger partial charge in [-0.3, -0.25) is 0 Å². The molecule has 0 aromatic carbocycles. The summed E-state index contributed by atoms with van der Waals surface area (Å²) in [7, 11) is 0. The highest BCUT2D eigenvalue weighted by atomic mass is 16.7. The third-order valence-electron chi connectivity index (χ3n) is 0.993. The number of rotatable bonds is 0. The molecule has 0 spiro atoms. The van der Waals surface area contributed by atoms with E-state index < -0.39 is 5.60 Å². The minimum absolute atomic E-state index is 0.316. The van der Waals surface area contributed by atoms with Crippen LogP contribution in [0.3, 0.4) is 0 Å². The molecule has 0 aromatic rings. The largest absolute Gasteiger partial charge is 0.385 e. The fraction of sp³-hybridized carbons (Fsp3) is 1.00. The second-order valence-corrected chi connectivity index (χ2v) is 2.31. The van der Waals surface area contributed by atoms with Gasteiger partial charge in [0, 0.05) is 0 Å². The monoisotopic (exact) mass is 118 g/mol. The van der Waals surface area contributed by atoms with E-state index in [1.165, 1.54) is 0 Å². The van der Waals surface area contributed by atoms with Gasteiger partial charge in [0.1, 0.15) is 12.4 Å². The van der Waals surface area contributed by atoms with E-state index in [0.717, 1.165) is 0 Å². The van der Waals surface area contributed by atoms with Crippen LogP contribution >= 0.6 is 0 Å². The Kier molecular flexibility index (Phi) is 1.51. The van der Waals surface area contributed by atoms with Crippen LogP contribution in [-0.2, 0) is 9.47 Å². The Hall–Kier alpha value is -0.120. The molecule has 1 rings (SSSR count). The summed E-state index contributed by atoms with van der Waals surface area (Å²) in [4.78, 5) is 0. The lowest BCUT2D eigenvalue weighted by atomic mass is 10.1. The molecule has 1 saturated heterocycles. The van der Waals surface area contributed by atoms with Crippen molar-refractivity contribution in [2.45, 2.75) is 12.5 Å². The quantitative estimate of drug-likeness (QED) is 0.476. The first-order valence-corrected chi connectivity index (χ1v) is 2.59. The average Bonchev–Trinajstić information content (AvgIpc) is 1.65. The lowest BCUT2D eigenvalue weighted by Crippen LogP contribution is -2.40. The van der Waals surface area contributed by atoms with Gasteiger partial charge in [0.15, 0.2) is 0 Å². The molecular weight excluding hydrogens is 108 g/mol. The molecule has 1 fully saturated rings. The molecule has 0 amide bonds. The summed E-state index contributed by atoms with van der Waals surface area (Å²) < 4.78 is 9.62. The van der Waals surface area contributed by atoms with E-state index in [2.05, 4.69) is 0 Å². The van der Waals surface area contributed by atoms with Gasteiger partial charge in [0.2, 0.25) is 0 Å². The lowest BCUT2D eigenvalue weighted by molar-refractivity contribution is -0.192. The van der Waals surface area contributed by atoms with Gasteiger partial charge in [-0.1, -0.05) is 0 Å². The maximum Gasteiger partial charge on any atom is 0.147 e. The van der Waals surface area contributed by atoms with Crippen molar-refractivity contribution >= 4 is 0 Å². The van der Waals surface area contributed by atoms with Gasteiger partial charge in [-0.2, -0.15) is 0 Å². The van der Waals surface area contributed by atoms with Crippen molar-refractivity contribution < 1.29 is 14.6 Å². The van der Waals surface area contributed by atoms with Gasteiger partial charge in [-0.25, -0.2) is 0 Å². The van der Waals surface area contributed by atoms with Crippen LogP contribution in [0.2, 0.25) is 0 Å². The second kappa shape index (κ2) is 2.01. The molecular formula is C5H10O3. The first-order valence-electron chi connectivity index (χ1n) is 2.59. The summed E-state index contributed by atoms with van der Waals surface area (Å²) in [5, 5.41) is 9.12. The lowest BCUT2D eigenvalue weighted by Gasteiger charge is -2.27. The van der Waals surface area contributed by atoms with Gasteiger partial charge >= 0.3 is 0 Å². The van der Waals surface area contributed by atoms with Gasteiger partial charge in [0.25, 0.3) is 0 Å². The molecule has 0 aromatic heterocycles. The molecule has 1 aliphatic heterocycles. The highest BCUT2D eigenvalue weighted by molar-refractivity contribution is 4.71. The van der Waals surface area contributed by atoms with Crippen LogP contribution in [0, 0.1) is 0 Å². The zero-order chi connectivity index (χ0) is 6.04. The van der Waals surface area contributed by atoms with E-state index in [0.29, 0.717) is 20.0 Å². The van der Waals surface area contributed by atoms with E-state index in [9.17, 15) is 0 Å². The fourth-order valence-electron chi connectivity index (χ4n) is 0.624. The Balaban J connectivity index is 2.33. The first-order chi connectivity index (χ1) is 3.71. The van der Waals surface area contributed by atoms with E-state index in [1.807, 2.05) is 0 Å². The minimum atomic E-state index is -0.766. The van der Waals surface area contributed by atoms with Crippen molar-refractivity contribution in [3.8, 4) is 0 Å². The molecule has 0 bridgehead atoms. The van der Waals surface area contributed by atoms with Crippen LogP contribution in [-0.4, -0.2) is 30.7 Å². The summed E-state index contributed by atoms with van der Waals surface area (Å²) >= 11 is 0. The van der Waals surface area contributed by atoms with Crippen molar-refractivity contribution in [3.05, 3.63) is 0 Å². The number of hydrogen-bond donors (Lipinski definition) is 1. The van der Waals surface area contributed by atoms with Crippen LogP contribution in [0.4, 0.5) is 0 Å². The van der Waals surface area contributed by atoms with Crippen LogP contribution in [0.5, 0.6) is 0 Å². The van der Waals surface area contributed by atoms with E-state index in [-0.39, 0.29) is 0 Å². The summed E-state index contributed by atoms with van der Waals surface area (Å²) in [5.41, 5.74) is -0.766. The zero-order valence-corrected chi connectivity index (χ0v) is 4.89. The maximum absolute atomic E-state index is 9.12.